The summed E-state index contributed by atoms with van der Waals surface area (Å²) in [6.07, 6.45) is 0. The van der Waals surface area contributed by atoms with Crippen LogP contribution in [0.1, 0.15) is 83.1 Å². The van der Waals surface area contributed by atoms with Crippen molar-refractivity contribution in [2.24, 2.45) is 32.7 Å². The Kier molecular flexibility index (Phi) is 7.51. The van der Waals surface area contributed by atoms with Crippen LogP contribution in [-0.2, 0) is 0 Å². The van der Waals surface area contributed by atoms with Gasteiger partial charge in [0.1, 0.15) is 0 Å². The Balaban J connectivity index is 6.11. The lowest BCUT2D eigenvalue weighted by Crippen LogP contribution is -2.48. The average molecular weight is 309 g/mol. The highest BCUT2D eigenvalue weighted by atomic mass is 14.8. The van der Waals surface area contributed by atoms with E-state index in [2.05, 4.69) is 83.1 Å². The minimum Gasteiger partial charge on any atom is -0.291 e. The molecule has 130 valence electrons. The zero-order chi connectivity index (χ0) is 17.9. The normalized spacial score (nSPS) is 15.6. The number of aliphatic imine (C=N–C) groups is 2. The average Bonchev–Trinajstić information content (AvgIpc) is 2.31. The molecule has 2 nitrogen and oxygen atoms in total. The lowest BCUT2D eigenvalue weighted by molar-refractivity contribution is 0.266. The molecule has 0 aromatic carbocycles. The molecule has 0 aliphatic heterocycles. The van der Waals surface area contributed by atoms with Gasteiger partial charge >= 0.3 is 0 Å². The van der Waals surface area contributed by atoms with E-state index in [1.807, 2.05) is 0 Å². The van der Waals surface area contributed by atoms with Gasteiger partial charge in [-0.2, -0.15) is 0 Å². The molecule has 0 spiro atoms. The topological polar surface area (TPSA) is 24.7 Å². The smallest absolute Gasteiger partial charge is 0.0443 e. The summed E-state index contributed by atoms with van der Waals surface area (Å²) in [5, 5.41) is 0. The van der Waals surface area contributed by atoms with Crippen molar-refractivity contribution in [3.63, 3.8) is 0 Å². The predicted molar refractivity (Wildman–Crippen MR) is 102 cm³/mol. The van der Waals surface area contributed by atoms with Crippen LogP contribution in [0.25, 0.3) is 0 Å². The molecule has 0 aliphatic rings. The van der Waals surface area contributed by atoms with E-state index in [1.54, 1.807) is 0 Å². The standard InChI is InChI=1S/C20H40N2/c1-13(2)17(21-15(5)6)19(9,10)20(11,12)18(14(3)4)22-16(7)8/h13-16H,1-12H3. The van der Waals surface area contributed by atoms with Gasteiger partial charge in [-0.3, -0.25) is 9.98 Å². The van der Waals surface area contributed by atoms with Crippen LogP contribution in [0.5, 0.6) is 0 Å². The fourth-order valence-corrected chi connectivity index (χ4v) is 3.26. The van der Waals surface area contributed by atoms with Crippen LogP contribution < -0.4 is 0 Å². The third-order valence-corrected chi connectivity index (χ3v) is 4.73. The van der Waals surface area contributed by atoms with E-state index in [1.165, 1.54) is 11.4 Å². The van der Waals surface area contributed by atoms with E-state index >= 15 is 0 Å². The third-order valence-electron chi connectivity index (χ3n) is 4.73. The summed E-state index contributed by atoms with van der Waals surface area (Å²) in [6, 6.07) is 0.661. The van der Waals surface area contributed by atoms with Crippen LogP contribution in [0.4, 0.5) is 0 Å². The van der Waals surface area contributed by atoms with Crippen molar-refractivity contribution in [1.82, 2.24) is 0 Å². The van der Waals surface area contributed by atoms with E-state index in [-0.39, 0.29) is 10.8 Å². The minimum absolute atomic E-state index is 0.0244. The van der Waals surface area contributed by atoms with Crippen molar-refractivity contribution < 1.29 is 0 Å². The molecule has 0 N–H and O–H groups in total. The van der Waals surface area contributed by atoms with Crippen molar-refractivity contribution in [2.75, 3.05) is 0 Å². The minimum atomic E-state index is -0.0244. The van der Waals surface area contributed by atoms with Crippen LogP contribution in [0, 0.1) is 22.7 Å². The molecule has 0 fully saturated rings. The van der Waals surface area contributed by atoms with Gasteiger partial charge in [0.2, 0.25) is 0 Å². The SMILES string of the molecule is CC(C)N=C(C(C)C)C(C)(C)C(C)(C)C(=NC(C)C)C(C)C. The Morgan fingerprint density at radius 3 is 0.909 bits per heavy atom. The number of rotatable bonds is 7. The summed E-state index contributed by atoms with van der Waals surface area (Å²) in [5.41, 5.74) is 2.57. The first kappa shape index (κ1) is 21.3. The van der Waals surface area contributed by atoms with E-state index in [9.17, 15) is 0 Å². The molecule has 0 heterocycles. The largest absolute Gasteiger partial charge is 0.291 e. The van der Waals surface area contributed by atoms with Gasteiger partial charge < -0.3 is 0 Å². The molecule has 0 aliphatic carbocycles. The Morgan fingerprint density at radius 1 is 0.545 bits per heavy atom. The highest BCUT2D eigenvalue weighted by Gasteiger charge is 2.45. The lowest BCUT2D eigenvalue weighted by Gasteiger charge is -2.46. The Morgan fingerprint density at radius 2 is 0.773 bits per heavy atom. The number of nitrogens with zero attached hydrogens (tertiary/aromatic N) is 2. The van der Waals surface area contributed by atoms with Crippen LogP contribution >= 0.6 is 0 Å². The highest BCUT2D eigenvalue weighted by molar-refractivity contribution is 6.01. The lowest BCUT2D eigenvalue weighted by atomic mass is 9.59. The maximum atomic E-state index is 5.00. The molecule has 0 aromatic heterocycles. The van der Waals surface area contributed by atoms with Gasteiger partial charge in [0.05, 0.1) is 0 Å². The molecule has 2 heteroatoms. The van der Waals surface area contributed by atoms with Gasteiger partial charge in [-0.15, -0.1) is 0 Å². The first-order valence-electron chi connectivity index (χ1n) is 8.91. The summed E-state index contributed by atoms with van der Waals surface area (Å²) in [6.45, 7) is 27.0. The van der Waals surface area contributed by atoms with Gasteiger partial charge in [-0.05, 0) is 39.5 Å². The summed E-state index contributed by atoms with van der Waals surface area (Å²) < 4.78 is 0. The van der Waals surface area contributed by atoms with Crippen LogP contribution in [0.3, 0.4) is 0 Å². The summed E-state index contributed by atoms with van der Waals surface area (Å²) >= 11 is 0. The molecule has 0 saturated heterocycles. The summed E-state index contributed by atoms with van der Waals surface area (Å²) in [7, 11) is 0. The fraction of sp³-hybridized carbons (Fsp3) is 0.900. The van der Waals surface area contributed by atoms with E-state index < -0.39 is 0 Å². The molecule has 0 bridgehead atoms. The fourth-order valence-electron chi connectivity index (χ4n) is 3.26. The molecule has 0 aromatic rings. The van der Waals surface area contributed by atoms with Crippen LogP contribution in [0.2, 0.25) is 0 Å². The molecule has 0 unspecified atom stereocenters. The maximum absolute atomic E-state index is 5.00. The quantitative estimate of drug-likeness (QED) is 0.511. The molecule has 0 radical (unpaired) electrons. The van der Waals surface area contributed by atoms with E-state index in [0.29, 0.717) is 23.9 Å². The Labute approximate surface area is 139 Å². The van der Waals surface area contributed by atoms with E-state index in [0.717, 1.165) is 0 Å². The highest BCUT2D eigenvalue weighted by Crippen LogP contribution is 2.45. The first-order chi connectivity index (χ1) is 9.75. The molecule has 0 amide bonds. The second kappa shape index (κ2) is 7.75. The predicted octanol–water partition coefficient (Wildman–Crippen LogP) is 6.05. The Bertz CT molecular complexity index is 367. The number of hydrogen-bond acceptors (Lipinski definition) is 2. The zero-order valence-electron chi connectivity index (χ0n) is 17.2. The van der Waals surface area contributed by atoms with Crippen molar-refractivity contribution in [2.45, 2.75) is 95.2 Å². The van der Waals surface area contributed by atoms with Gasteiger partial charge in [-0.25, -0.2) is 0 Å². The molecular weight excluding hydrogens is 268 g/mol. The second-order valence-corrected chi connectivity index (χ2v) is 8.78. The second-order valence-electron chi connectivity index (χ2n) is 8.78. The van der Waals surface area contributed by atoms with Crippen molar-refractivity contribution in [3.05, 3.63) is 0 Å². The van der Waals surface area contributed by atoms with Gasteiger partial charge in [0.15, 0.2) is 0 Å². The van der Waals surface area contributed by atoms with Crippen molar-refractivity contribution in [3.8, 4) is 0 Å². The Hall–Kier alpha value is -0.660. The molecule has 0 saturated carbocycles. The summed E-state index contributed by atoms with van der Waals surface area (Å²) in [5.74, 6) is 0.897. The monoisotopic (exact) mass is 308 g/mol. The number of hydrogen-bond donors (Lipinski definition) is 0. The van der Waals surface area contributed by atoms with Crippen LogP contribution in [0.15, 0.2) is 9.98 Å². The molecular formula is C20H40N2. The van der Waals surface area contributed by atoms with Crippen molar-refractivity contribution >= 4 is 11.4 Å². The maximum Gasteiger partial charge on any atom is 0.0443 e. The van der Waals surface area contributed by atoms with Gasteiger partial charge in [0, 0.05) is 34.3 Å². The van der Waals surface area contributed by atoms with E-state index in [4.69, 9.17) is 9.98 Å². The zero-order valence-corrected chi connectivity index (χ0v) is 17.2. The molecule has 0 rings (SSSR count). The third kappa shape index (κ3) is 4.93. The summed E-state index contributed by atoms with van der Waals surface area (Å²) in [4.78, 5) is 9.99. The van der Waals surface area contributed by atoms with Gasteiger partial charge in [0.25, 0.3) is 0 Å². The van der Waals surface area contributed by atoms with Gasteiger partial charge in [-0.1, -0.05) is 55.4 Å². The molecule has 0 atom stereocenters. The van der Waals surface area contributed by atoms with Crippen LogP contribution in [-0.4, -0.2) is 23.5 Å². The van der Waals surface area contributed by atoms with Crippen molar-refractivity contribution in [1.29, 1.82) is 0 Å². The molecule has 22 heavy (non-hydrogen) atoms. The first-order valence-corrected chi connectivity index (χ1v) is 8.91.